The first-order valence-electron chi connectivity index (χ1n) is 16.7. The van der Waals surface area contributed by atoms with Crippen molar-refractivity contribution < 1.29 is 26.7 Å². The fourth-order valence-electron chi connectivity index (χ4n) is 6.52. The van der Waals surface area contributed by atoms with E-state index in [-0.39, 0.29) is 30.9 Å². The number of hydrogen-bond acceptors (Lipinski definition) is 4. The number of hydrogen-bond donors (Lipinski definition) is 0. The van der Waals surface area contributed by atoms with E-state index in [1.165, 1.54) is 24.3 Å². The number of fused-ring (bicyclic) bond motifs is 1. The zero-order valence-corrected chi connectivity index (χ0v) is 27.4. The highest BCUT2D eigenvalue weighted by Crippen LogP contribution is 2.31. The maximum atomic E-state index is 14.5. The minimum Gasteiger partial charge on any atom is -0.337 e. The zero-order valence-electron chi connectivity index (χ0n) is 27.4. The molecule has 0 bridgehead atoms. The number of carbonyl (C=O) groups is 1. The van der Waals surface area contributed by atoms with Crippen LogP contribution in [0.1, 0.15) is 41.8 Å². The number of amides is 1. The Morgan fingerprint density at radius 2 is 1.50 bits per heavy atom. The van der Waals surface area contributed by atoms with E-state index in [4.69, 9.17) is 0 Å². The van der Waals surface area contributed by atoms with Crippen molar-refractivity contribution in [3.63, 3.8) is 0 Å². The second kappa shape index (κ2) is 15.3. The number of nitrogens with zero attached hydrogens (tertiary/aromatic N) is 4. The molecular weight excluding hydrogens is 651 g/mol. The minimum absolute atomic E-state index is 0.0768. The molecule has 5 aromatic rings. The van der Waals surface area contributed by atoms with Crippen LogP contribution in [0.25, 0.3) is 22.0 Å². The molecule has 0 spiro atoms. The van der Waals surface area contributed by atoms with E-state index in [0.717, 1.165) is 68.2 Å². The highest BCUT2D eigenvalue weighted by Gasteiger charge is 2.30. The van der Waals surface area contributed by atoms with Crippen LogP contribution in [0.5, 0.6) is 0 Å². The molecule has 4 aromatic carbocycles. The van der Waals surface area contributed by atoms with Crippen molar-refractivity contribution in [3.8, 4) is 11.1 Å². The third-order valence-corrected chi connectivity index (χ3v) is 9.24. The summed E-state index contributed by atoms with van der Waals surface area (Å²) >= 11 is 0. The highest BCUT2D eigenvalue weighted by molar-refractivity contribution is 5.82. The lowest BCUT2D eigenvalue weighted by atomic mass is 10.0. The van der Waals surface area contributed by atoms with Gasteiger partial charge in [0.1, 0.15) is 12.4 Å². The maximum Gasteiger partial charge on any atom is 0.416 e. The Morgan fingerprint density at radius 3 is 2.20 bits per heavy atom. The first-order chi connectivity index (χ1) is 24.1. The van der Waals surface area contributed by atoms with Gasteiger partial charge in [0.15, 0.2) is 11.6 Å². The molecule has 1 aliphatic rings. The number of para-hydroxylation sites is 1. The van der Waals surface area contributed by atoms with Crippen LogP contribution < -0.4 is 5.56 Å². The summed E-state index contributed by atoms with van der Waals surface area (Å²) in [5.74, 6) is -1.82. The second-order valence-electron chi connectivity index (χ2n) is 12.6. The molecule has 0 radical (unpaired) electrons. The number of aryl methyl sites for hydroxylation is 2. The summed E-state index contributed by atoms with van der Waals surface area (Å²) in [6.45, 7) is 3.56. The van der Waals surface area contributed by atoms with Gasteiger partial charge in [0.2, 0.25) is 5.91 Å². The molecule has 11 heteroatoms. The molecule has 6 nitrogen and oxygen atoms in total. The first-order valence-corrected chi connectivity index (χ1v) is 16.7. The molecule has 2 heterocycles. The molecule has 50 heavy (non-hydrogen) atoms. The quantitative estimate of drug-likeness (QED) is 0.126. The third kappa shape index (κ3) is 8.27. The van der Waals surface area contributed by atoms with Crippen LogP contribution in [0, 0.1) is 11.6 Å². The van der Waals surface area contributed by atoms with Gasteiger partial charge in [-0.15, -0.1) is 0 Å². The summed E-state index contributed by atoms with van der Waals surface area (Å²) < 4.78 is 69.3. The Morgan fingerprint density at radius 1 is 0.820 bits per heavy atom. The maximum absolute atomic E-state index is 14.5. The summed E-state index contributed by atoms with van der Waals surface area (Å²) in [6, 6.07) is 23.2. The number of benzene rings is 4. The van der Waals surface area contributed by atoms with E-state index in [2.05, 4.69) is 9.88 Å². The summed E-state index contributed by atoms with van der Waals surface area (Å²) in [5.41, 5.74) is 1.73. The molecule has 1 fully saturated rings. The number of carbonyl (C=O) groups excluding carboxylic acids is 1. The van der Waals surface area contributed by atoms with Gasteiger partial charge < -0.3 is 14.4 Å². The number of alkyl halides is 3. The summed E-state index contributed by atoms with van der Waals surface area (Å²) in [6.07, 6.45) is -1.16. The molecule has 0 N–H and O–H groups in total. The van der Waals surface area contributed by atoms with Crippen molar-refractivity contribution in [2.75, 3.05) is 26.2 Å². The van der Waals surface area contributed by atoms with Gasteiger partial charge in [0.25, 0.3) is 5.56 Å². The molecule has 0 atom stereocenters. The predicted octanol–water partition coefficient (Wildman–Crippen LogP) is 7.66. The SMILES string of the molecule is O=C(Cn1c(CCc2cccc(F)c2F)nc(=O)c2ccccc21)N(CCCN1CCCC1)Cc1ccc(-c2ccc(C(F)(F)F)cc2)cc1. The summed E-state index contributed by atoms with van der Waals surface area (Å²) in [4.78, 5) is 35.6. The van der Waals surface area contributed by atoms with Gasteiger partial charge in [-0.1, -0.05) is 60.7 Å². The number of aromatic nitrogens is 2. The van der Waals surface area contributed by atoms with Gasteiger partial charge in [-0.2, -0.15) is 18.2 Å². The molecule has 0 unspecified atom stereocenters. The fourth-order valence-corrected chi connectivity index (χ4v) is 6.52. The van der Waals surface area contributed by atoms with Crippen LogP contribution in [-0.2, 0) is 36.9 Å². The van der Waals surface area contributed by atoms with E-state index in [1.807, 2.05) is 24.3 Å². The largest absolute Gasteiger partial charge is 0.416 e. The van der Waals surface area contributed by atoms with Crippen molar-refractivity contribution in [2.24, 2.45) is 0 Å². The van der Waals surface area contributed by atoms with E-state index in [0.29, 0.717) is 35.4 Å². The molecule has 1 aromatic heterocycles. The molecule has 1 saturated heterocycles. The summed E-state index contributed by atoms with van der Waals surface area (Å²) in [5, 5.41) is 0.348. The van der Waals surface area contributed by atoms with Crippen molar-refractivity contribution >= 4 is 16.8 Å². The Balaban J connectivity index is 1.25. The van der Waals surface area contributed by atoms with Crippen LogP contribution in [0.15, 0.2) is 95.8 Å². The van der Waals surface area contributed by atoms with Crippen LogP contribution in [0.2, 0.25) is 0 Å². The van der Waals surface area contributed by atoms with E-state index in [9.17, 15) is 31.5 Å². The molecule has 0 aliphatic carbocycles. The molecular formula is C39H37F5N4O2. The Bertz CT molecular complexity index is 2000. The molecule has 260 valence electrons. The first kappa shape index (κ1) is 34.9. The molecule has 6 rings (SSSR count). The van der Waals surface area contributed by atoms with Crippen LogP contribution in [0.4, 0.5) is 22.0 Å². The topological polar surface area (TPSA) is 58.4 Å². The standard InChI is InChI=1S/C39H37F5N4O2/c40-33-9-5-7-30(37(33)41)17-20-35-45-38(50)32-8-1-2-10-34(32)48(35)26-36(49)47(24-6-23-46-21-3-4-22-46)25-27-11-13-28(14-12-27)29-15-18-31(19-16-29)39(42,43)44/h1-2,5,7-16,18-19H,3-4,6,17,20-26H2. The molecule has 1 amide bonds. The van der Waals surface area contributed by atoms with Gasteiger partial charge >= 0.3 is 6.18 Å². The Kier molecular flexibility index (Phi) is 10.7. The zero-order chi connectivity index (χ0) is 35.3. The lowest BCUT2D eigenvalue weighted by molar-refractivity contribution is -0.137. The second-order valence-corrected chi connectivity index (χ2v) is 12.6. The fraction of sp³-hybridized carbons (Fsp3) is 0.308. The van der Waals surface area contributed by atoms with Crippen molar-refractivity contribution in [3.05, 3.63) is 135 Å². The van der Waals surface area contributed by atoms with Gasteiger partial charge in [0, 0.05) is 19.5 Å². The van der Waals surface area contributed by atoms with Crippen molar-refractivity contribution in [1.29, 1.82) is 0 Å². The van der Waals surface area contributed by atoms with Gasteiger partial charge in [-0.3, -0.25) is 9.59 Å². The van der Waals surface area contributed by atoms with Crippen LogP contribution >= 0.6 is 0 Å². The lowest BCUT2D eigenvalue weighted by Crippen LogP contribution is -2.37. The average Bonchev–Trinajstić information content (AvgIpc) is 3.63. The molecule has 1 aliphatic heterocycles. The van der Waals surface area contributed by atoms with Crippen LogP contribution in [-0.4, -0.2) is 51.4 Å². The monoisotopic (exact) mass is 688 g/mol. The Labute approximate surface area is 286 Å². The average molecular weight is 689 g/mol. The number of likely N-dealkylation sites (tertiary alicyclic amines) is 1. The van der Waals surface area contributed by atoms with Gasteiger partial charge in [-0.25, -0.2) is 8.78 Å². The third-order valence-electron chi connectivity index (χ3n) is 9.24. The lowest BCUT2D eigenvalue weighted by Gasteiger charge is -2.26. The highest BCUT2D eigenvalue weighted by atomic mass is 19.4. The predicted molar refractivity (Wildman–Crippen MR) is 182 cm³/mol. The van der Waals surface area contributed by atoms with E-state index in [1.54, 1.807) is 33.7 Å². The van der Waals surface area contributed by atoms with Crippen molar-refractivity contribution in [2.45, 2.75) is 51.4 Å². The Hall–Kier alpha value is -4.90. The van der Waals surface area contributed by atoms with Crippen LogP contribution in [0.3, 0.4) is 0 Å². The minimum atomic E-state index is -4.41. The smallest absolute Gasteiger partial charge is 0.337 e. The van der Waals surface area contributed by atoms with Crippen molar-refractivity contribution in [1.82, 2.24) is 19.4 Å². The van der Waals surface area contributed by atoms with Gasteiger partial charge in [-0.05, 0) is 97.9 Å². The van der Waals surface area contributed by atoms with E-state index >= 15 is 0 Å². The number of rotatable bonds is 12. The van der Waals surface area contributed by atoms with E-state index < -0.39 is 28.9 Å². The summed E-state index contributed by atoms with van der Waals surface area (Å²) in [7, 11) is 0. The molecule has 0 saturated carbocycles. The number of halogens is 5. The normalized spacial score (nSPS) is 13.6. The van der Waals surface area contributed by atoms with Gasteiger partial charge in [0.05, 0.1) is 16.5 Å².